The summed E-state index contributed by atoms with van der Waals surface area (Å²) in [6.45, 7) is 0. The third kappa shape index (κ3) is 3.55. The van der Waals surface area contributed by atoms with Crippen LogP contribution in [0.5, 0.6) is 0 Å². The number of methoxy groups -OCH3 is 2. The molecule has 0 atom stereocenters. The molecule has 0 aromatic heterocycles. The molecule has 0 aliphatic heterocycles. The van der Waals surface area contributed by atoms with E-state index in [-0.39, 0.29) is 16.7 Å². The first-order valence-electron chi connectivity index (χ1n) is 6.61. The highest BCUT2D eigenvalue weighted by atomic mass is 16.5. The number of hydrogen-bond donors (Lipinski definition) is 1. The molecule has 0 spiro atoms. The molecule has 0 radical (unpaired) electrons. The van der Waals surface area contributed by atoms with E-state index in [0.29, 0.717) is 11.1 Å². The Morgan fingerprint density at radius 3 is 1.61 bits per heavy atom. The Kier molecular flexibility index (Phi) is 4.75. The van der Waals surface area contributed by atoms with Crippen LogP contribution in [0.3, 0.4) is 0 Å². The lowest BCUT2D eigenvalue weighted by Gasteiger charge is -2.08. The smallest absolute Gasteiger partial charge is 0.337 e. The maximum Gasteiger partial charge on any atom is 0.337 e. The third-order valence-corrected chi connectivity index (χ3v) is 3.24. The second-order valence-electron chi connectivity index (χ2n) is 4.66. The van der Waals surface area contributed by atoms with Crippen LogP contribution in [0.2, 0.25) is 0 Å². The molecule has 1 N–H and O–H groups in total. The minimum atomic E-state index is -1.03. The molecule has 0 aliphatic rings. The molecule has 0 saturated carbocycles. The molecule has 0 aliphatic carbocycles. The molecule has 23 heavy (non-hydrogen) atoms. The lowest BCUT2D eigenvalue weighted by Crippen LogP contribution is -2.07. The number of aromatic carboxylic acids is 1. The number of hydrogen-bond acceptors (Lipinski definition) is 5. The summed E-state index contributed by atoms with van der Waals surface area (Å²) in [6, 6.07) is 10.6. The molecule has 0 bridgehead atoms. The predicted molar refractivity (Wildman–Crippen MR) is 81.5 cm³/mol. The van der Waals surface area contributed by atoms with Crippen molar-refractivity contribution in [3.05, 3.63) is 59.2 Å². The molecular formula is C17H14O6. The maximum absolute atomic E-state index is 11.8. The number of ether oxygens (including phenoxy) is 2. The molecule has 2 aromatic carbocycles. The van der Waals surface area contributed by atoms with E-state index in [0.717, 1.165) is 0 Å². The van der Waals surface area contributed by atoms with Crippen LogP contribution in [-0.2, 0) is 9.47 Å². The monoisotopic (exact) mass is 314 g/mol. The molecule has 0 fully saturated rings. The third-order valence-electron chi connectivity index (χ3n) is 3.24. The van der Waals surface area contributed by atoms with Crippen molar-refractivity contribution in [1.29, 1.82) is 0 Å². The van der Waals surface area contributed by atoms with E-state index in [1.807, 2.05) is 0 Å². The molecular weight excluding hydrogens is 300 g/mol. The van der Waals surface area contributed by atoms with E-state index < -0.39 is 17.9 Å². The Morgan fingerprint density at radius 1 is 0.739 bits per heavy atom. The lowest BCUT2D eigenvalue weighted by atomic mass is 9.99. The number of benzene rings is 2. The summed E-state index contributed by atoms with van der Waals surface area (Å²) in [5.41, 5.74) is 1.78. The Hall–Kier alpha value is -3.15. The van der Waals surface area contributed by atoms with Gasteiger partial charge in [0.05, 0.1) is 30.9 Å². The van der Waals surface area contributed by atoms with Gasteiger partial charge in [0.2, 0.25) is 0 Å². The van der Waals surface area contributed by atoms with Crippen LogP contribution in [0.15, 0.2) is 42.5 Å². The molecule has 2 rings (SSSR count). The van der Waals surface area contributed by atoms with Gasteiger partial charge in [-0.2, -0.15) is 0 Å². The fourth-order valence-electron chi connectivity index (χ4n) is 2.07. The number of esters is 2. The first kappa shape index (κ1) is 16.2. The molecule has 0 amide bonds. The van der Waals surface area contributed by atoms with Gasteiger partial charge in [-0.3, -0.25) is 0 Å². The van der Waals surface area contributed by atoms with Gasteiger partial charge in [-0.05, 0) is 41.5 Å². The molecule has 0 heterocycles. The molecule has 6 heteroatoms. The van der Waals surface area contributed by atoms with Crippen LogP contribution in [0.1, 0.15) is 31.1 Å². The summed E-state index contributed by atoms with van der Waals surface area (Å²) in [5, 5.41) is 8.92. The van der Waals surface area contributed by atoms with E-state index in [1.54, 1.807) is 24.3 Å². The van der Waals surface area contributed by atoms with Gasteiger partial charge in [0, 0.05) is 0 Å². The summed E-state index contributed by atoms with van der Waals surface area (Å²) in [6.07, 6.45) is 0. The molecule has 118 valence electrons. The lowest BCUT2D eigenvalue weighted by molar-refractivity contribution is 0.0597. The normalized spacial score (nSPS) is 10.0. The van der Waals surface area contributed by atoms with Crippen LogP contribution in [0.25, 0.3) is 11.1 Å². The van der Waals surface area contributed by atoms with E-state index >= 15 is 0 Å². The number of rotatable bonds is 4. The highest BCUT2D eigenvalue weighted by Crippen LogP contribution is 2.24. The SMILES string of the molecule is COC(=O)c1cc(C(=O)OC)cc(-c2ccc(C(=O)O)cc2)c1. The van der Waals surface area contributed by atoms with E-state index in [9.17, 15) is 14.4 Å². The van der Waals surface area contributed by atoms with Gasteiger partial charge >= 0.3 is 17.9 Å². The second-order valence-corrected chi connectivity index (χ2v) is 4.66. The topological polar surface area (TPSA) is 89.9 Å². The zero-order valence-electron chi connectivity index (χ0n) is 12.5. The second kappa shape index (κ2) is 6.74. The van der Waals surface area contributed by atoms with Crippen molar-refractivity contribution in [3.8, 4) is 11.1 Å². The van der Waals surface area contributed by atoms with Gasteiger partial charge in [0.25, 0.3) is 0 Å². The fraction of sp³-hybridized carbons (Fsp3) is 0.118. The van der Waals surface area contributed by atoms with Gasteiger partial charge < -0.3 is 14.6 Å². The van der Waals surface area contributed by atoms with Gasteiger partial charge in [0.15, 0.2) is 0 Å². The first-order valence-corrected chi connectivity index (χ1v) is 6.61. The van der Waals surface area contributed by atoms with Gasteiger partial charge in [-0.25, -0.2) is 14.4 Å². The summed E-state index contributed by atoms with van der Waals surface area (Å²) < 4.78 is 9.35. The Bertz CT molecular complexity index is 727. The van der Waals surface area contributed by atoms with Crippen LogP contribution < -0.4 is 0 Å². The minimum absolute atomic E-state index is 0.145. The summed E-state index contributed by atoms with van der Waals surface area (Å²) in [5.74, 6) is -2.20. The highest BCUT2D eigenvalue weighted by molar-refractivity contribution is 5.97. The Labute approximate surface area is 132 Å². The number of carboxylic acid groups (broad SMARTS) is 1. The highest BCUT2D eigenvalue weighted by Gasteiger charge is 2.14. The van der Waals surface area contributed by atoms with Crippen LogP contribution in [-0.4, -0.2) is 37.2 Å². The summed E-state index contributed by atoms with van der Waals surface area (Å²) in [7, 11) is 2.49. The van der Waals surface area contributed by atoms with Gasteiger partial charge in [-0.15, -0.1) is 0 Å². The van der Waals surface area contributed by atoms with E-state index in [2.05, 4.69) is 9.47 Å². The van der Waals surface area contributed by atoms with Crippen molar-refractivity contribution < 1.29 is 29.0 Å². The van der Waals surface area contributed by atoms with E-state index in [1.165, 1.54) is 32.4 Å². The van der Waals surface area contributed by atoms with Gasteiger partial charge in [-0.1, -0.05) is 12.1 Å². The van der Waals surface area contributed by atoms with Crippen molar-refractivity contribution in [2.75, 3.05) is 14.2 Å². The van der Waals surface area contributed by atoms with Gasteiger partial charge in [0.1, 0.15) is 0 Å². The van der Waals surface area contributed by atoms with Crippen molar-refractivity contribution in [2.45, 2.75) is 0 Å². The average molecular weight is 314 g/mol. The van der Waals surface area contributed by atoms with Crippen LogP contribution >= 0.6 is 0 Å². The maximum atomic E-state index is 11.8. The molecule has 0 unspecified atom stereocenters. The largest absolute Gasteiger partial charge is 0.478 e. The molecule has 2 aromatic rings. The molecule has 0 saturated heterocycles. The number of carbonyl (C=O) groups is 3. The van der Waals surface area contributed by atoms with Crippen molar-refractivity contribution in [1.82, 2.24) is 0 Å². The van der Waals surface area contributed by atoms with Crippen molar-refractivity contribution in [2.24, 2.45) is 0 Å². The standard InChI is InChI=1S/C17H14O6/c1-22-16(20)13-7-12(8-14(9-13)17(21)23-2)10-3-5-11(6-4-10)15(18)19/h3-9H,1-2H3,(H,18,19). The van der Waals surface area contributed by atoms with Crippen molar-refractivity contribution in [3.63, 3.8) is 0 Å². The summed E-state index contributed by atoms with van der Waals surface area (Å²) in [4.78, 5) is 34.4. The fourth-order valence-corrected chi connectivity index (χ4v) is 2.07. The minimum Gasteiger partial charge on any atom is -0.478 e. The Morgan fingerprint density at radius 2 is 1.22 bits per heavy atom. The van der Waals surface area contributed by atoms with Crippen molar-refractivity contribution >= 4 is 17.9 Å². The zero-order valence-corrected chi connectivity index (χ0v) is 12.5. The summed E-state index contributed by atoms with van der Waals surface area (Å²) >= 11 is 0. The van der Waals surface area contributed by atoms with E-state index in [4.69, 9.17) is 5.11 Å². The number of carboxylic acids is 1. The predicted octanol–water partition coefficient (Wildman–Crippen LogP) is 2.62. The average Bonchev–Trinajstić information content (AvgIpc) is 2.59. The van der Waals surface area contributed by atoms with Crippen LogP contribution in [0, 0.1) is 0 Å². The quantitative estimate of drug-likeness (QED) is 0.873. The Balaban J connectivity index is 2.53. The van der Waals surface area contributed by atoms with Crippen LogP contribution in [0.4, 0.5) is 0 Å². The molecule has 6 nitrogen and oxygen atoms in total. The first-order chi connectivity index (χ1) is 11.0. The number of carbonyl (C=O) groups excluding carboxylic acids is 2. The zero-order chi connectivity index (χ0) is 17.0.